The van der Waals surface area contributed by atoms with Crippen molar-refractivity contribution >= 4 is 21.7 Å². The fourth-order valence-electron chi connectivity index (χ4n) is 1.91. The molecule has 0 fully saturated rings. The molecule has 1 heterocycles. The Morgan fingerprint density at radius 2 is 2.25 bits per heavy atom. The van der Waals surface area contributed by atoms with E-state index in [1.54, 1.807) is 11.9 Å². The molecular weight excluding hydrogens is 266 g/mol. The summed E-state index contributed by atoms with van der Waals surface area (Å²) in [5.41, 5.74) is 1.59. The molecule has 0 amide bonds. The molecule has 0 saturated carbocycles. The lowest BCUT2D eigenvalue weighted by Gasteiger charge is -2.13. The zero-order valence-electron chi connectivity index (χ0n) is 9.25. The van der Waals surface area contributed by atoms with E-state index in [4.69, 9.17) is 0 Å². The number of halogens is 1. The molecule has 1 aliphatic carbocycles. The molecule has 0 aliphatic heterocycles. The standard InChI is InChI=1S/C12H16BrN3/c13-11-8-12(16-9-15-11)14-7-6-10-4-2-1-3-5-10/h4,8-9H,1-3,5-7H2,(H,14,15,16). The number of rotatable bonds is 4. The van der Waals surface area contributed by atoms with Crippen molar-refractivity contribution in [1.29, 1.82) is 0 Å². The third-order valence-corrected chi connectivity index (χ3v) is 3.20. The molecule has 1 aliphatic rings. The van der Waals surface area contributed by atoms with Crippen molar-refractivity contribution in [3.63, 3.8) is 0 Å². The van der Waals surface area contributed by atoms with Gasteiger partial charge in [-0.1, -0.05) is 11.6 Å². The smallest absolute Gasteiger partial charge is 0.130 e. The van der Waals surface area contributed by atoms with Crippen LogP contribution >= 0.6 is 15.9 Å². The molecule has 1 aromatic heterocycles. The lowest BCUT2D eigenvalue weighted by Crippen LogP contribution is -2.05. The molecule has 0 radical (unpaired) electrons. The Hall–Kier alpha value is -0.900. The van der Waals surface area contributed by atoms with Crippen LogP contribution in [0.5, 0.6) is 0 Å². The van der Waals surface area contributed by atoms with Crippen LogP contribution in [0.1, 0.15) is 32.1 Å². The average molecular weight is 282 g/mol. The van der Waals surface area contributed by atoms with E-state index in [1.807, 2.05) is 6.07 Å². The van der Waals surface area contributed by atoms with Gasteiger partial charge >= 0.3 is 0 Å². The lowest BCUT2D eigenvalue weighted by atomic mass is 9.97. The largest absolute Gasteiger partial charge is 0.370 e. The van der Waals surface area contributed by atoms with Crippen LogP contribution in [0.4, 0.5) is 5.82 Å². The van der Waals surface area contributed by atoms with E-state index in [0.717, 1.165) is 23.4 Å². The summed E-state index contributed by atoms with van der Waals surface area (Å²) in [5.74, 6) is 0.887. The van der Waals surface area contributed by atoms with Crippen LogP contribution in [0.15, 0.2) is 28.6 Å². The summed E-state index contributed by atoms with van der Waals surface area (Å²) in [6.07, 6.45) is 10.3. The third kappa shape index (κ3) is 3.59. The van der Waals surface area contributed by atoms with Crippen molar-refractivity contribution < 1.29 is 0 Å². The third-order valence-electron chi connectivity index (χ3n) is 2.77. The van der Waals surface area contributed by atoms with Gasteiger partial charge in [-0.3, -0.25) is 0 Å². The highest BCUT2D eigenvalue weighted by atomic mass is 79.9. The predicted octanol–water partition coefficient (Wildman–Crippen LogP) is 3.54. The van der Waals surface area contributed by atoms with Gasteiger partial charge in [0.1, 0.15) is 16.7 Å². The minimum Gasteiger partial charge on any atom is -0.370 e. The highest BCUT2D eigenvalue weighted by Crippen LogP contribution is 2.20. The number of hydrogen-bond acceptors (Lipinski definition) is 3. The fraction of sp³-hybridized carbons (Fsp3) is 0.500. The molecule has 1 N–H and O–H groups in total. The second-order valence-corrected chi connectivity index (χ2v) is 4.82. The molecule has 2 rings (SSSR count). The minimum atomic E-state index is 0.821. The van der Waals surface area contributed by atoms with E-state index in [1.165, 1.54) is 25.7 Å². The van der Waals surface area contributed by atoms with Crippen LogP contribution in [0.25, 0.3) is 0 Å². The minimum absolute atomic E-state index is 0.821. The van der Waals surface area contributed by atoms with Crippen LogP contribution in [-0.4, -0.2) is 16.5 Å². The number of allylic oxidation sites excluding steroid dienone is 1. The van der Waals surface area contributed by atoms with E-state index < -0.39 is 0 Å². The Morgan fingerprint density at radius 3 is 3.00 bits per heavy atom. The van der Waals surface area contributed by atoms with Gasteiger partial charge in [0.25, 0.3) is 0 Å². The summed E-state index contributed by atoms with van der Waals surface area (Å²) in [6, 6.07) is 1.90. The molecule has 0 bridgehead atoms. The molecule has 3 nitrogen and oxygen atoms in total. The van der Waals surface area contributed by atoms with E-state index in [0.29, 0.717) is 0 Å². The Morgan fingerprint density at radius 1 is 1.31 bits per heavy atom. The molecule has 16 heavy (non-hydrogen) atoms. The second kappa shape index (κ2) is 5.99. The Bertz CT molecular complexity index is 376. The first-order chi connectivity index (χ1) is 7.84. The molecule has 0 unspecified atom stereocenters. The normalized spacial score (nSPS) is 15.7. The zero-order valence-corrected chi connectivity index (χ0v) is 10.8. The lowest BCUT2D eigenvalue weighted by molar-refractivity contribution is 0.679. The van der Waals surface area contributed by atoms with E-state index >= 15 is 0 Å². The van der Waals surface area contributed by atoms with Crippen molar-refractivity contribution in [1.82, 2.24) is 9.97 Å². The highest BCUT2D eigenvalue weighted by Gasteiger charge is 2.03. The summed E-state index contributed by atoms with van der Waals surface area (Å²) < 4.78 is 0.821. The average Bonchev–Trinajstić information content (AvgIpc) is 2.30. The highest BCUT2D eigenvalue weighted by molar-refractivity contribution is 9.10. The molecular formula is C12H16BrN3. The Balaban J connectivity index is 1.77. The van der Waals surface area contributed by atoms with Gasteiger partial charge in [-0.05, 0) is 48.0 Å². The Labute approximate surface area is 105 Å². The maximum absolute atomic E-state index is 4.15. The summed E-state index contributed by atoms with van der Waals surface area (Å²) in [4.78, 5) is 8.14. The van der Waals surface area contributed by atoms with Crippen LogP contribution in [0.3, 0.4) is 0 Å². The maximum atomic E-state index is 4.15. The molecule has 86 valence electrons. The molecule has 1 aromatic rings. The van der Waals surface area contributed by atoms with Gasteiger partial charge in [-0.15, -0.1) is 0 Å². The van der Waals surface area contributed by atoms with E-state index in [2.05, 4.69) is 37.3 Å². The zero-order chi connectivity index (χ0) is 11.2. The molecule has 0 saturated heterocycles. The number of hydrogen-bond donors (Lipinski definition) is 1. The molecule has 0 atom stereocenters. The van der Waals surface area contributed by atoms with Crippen LogP contribution in [-0.2, 0) is 0 Å². The van der Waals surface area contributed by atoms with Gasteiger partial charge < -0.3 is 5.32 Å². The number of anilines is 1. The van der Waals surface area contributed by atoms with Gasteiger partial charge in [-0.2, -0.15) is 0 Å². The van der Waals surface area contributed by atoms with Gasteiger partial charge in [0.2, 0.25) is 0 Å². The van der Waals surface area contributed by atoms with Crippen molar-refractivity contribution in [3.05, 3.63) is 28.6 Å². The monoisotopic (exact) mass is 281 g/mol. The van der Waals surface area contributed by atoms with Crippen LogP contribution < -0.4 is 5.32 Å². The molecule has 0 aromatic carbocycles. The van der Waals surface area contributed by atoms with Crippen molar-refractivity contribution in [2.45, 2.75) is 32.1 Å². The van der Waals surface area contributed by atoms with Gasteiger partial charge in [0.15, 0.2) is 0 Å². The summed E-state index contributed by atoms with van der Waals surface area (Å²) >= 11 is 3.33. The topological polar surface area (TPSA) is 37.8 Å². The first kappa shape index (κ1) is 11.6. The molecule has 4 heteroatoms. The summed E-state index contributed by atoms with van der Waals surface area (Å²) in [5, 5.41) is 3.31. The van der Waals surface area contributed by atoms with Crippen molar-refractivity contribution in [3.8, 4) is 0 Å². The first-order valence-corrected chi connectivity index (χ1v) is 6.53. The fourth-order valence-corrected chi connectivity index (χ4v) is 2.22. The van der Waals surface area contributed by atoms with Crippen molar-refractivity contribution in [2.24, 2.45) is 0 Å². The van der Waals surface area contributed by atoms with Crippen LogP contribution in [0.2, 0.25) is 0 Å². The van der Waals surface area contributed by atoms with Gasteiger partial charge in [0, 0.05) is 12.6 Å². The van der Waals surface area contributed by atoms with Gasteiger partial charge in [-0.25, -0.2) is 9.97 Å². The quantitative estimate of drug-likeness (QED) is 0.678. The van der Waals surface area contributed by atoms with Gasteiger partial charge in [0.05, 0.1) is 0 Å². The number of nitrogens with zero attached hydrogens (tertiary/aromatic N) is 2. The summed E-state index contributed by atoms with van der Waals surface area (Å²) in [6.45, 7) is 0.954. The summed E-state index contributed by atoms with van der Waals surface area (Å²) in [7, 11) is 0. The molecule has 0 spiro atoms. The SMILES string of the molecule is Brc1cc(NCCC2=CCCCC2)ncn1. The predicted molar refractivity (Wildman–Crippen MR) is 69.4 cm³/mol. The van der Waals surface area contributed by atoms with E-state index in [-0.39, 0.29) is 0 Å². The van der Waals surface area contributed by atoms with E-state index in [9.17, 15) is 0 Å². The maximum Gasteiger partial charge on any atom is 0.130 e. The number of aromatic nitrogens is 2. The van der Waals surface area contributed by atoms with Crippen molar-refractivity contribution in [2.75, 3.05) is 11.9 Å². The first-order valence-electron chi connectivity index (χ1n) is 5.74. The second-order valence-electron chi connectivity index (χ2n) is 4.01. The van der Waals surface area contributed by atoms with Crippen LogP contribution in [0, 0.1) is 0 Å². The Kier molecular flexibility index (Phi) is 4.34. The number of nitrogens with one attached hydrogen (secondary N) is 1.